The highest BCUT2D eigenvalue weighted by Crippen LogP contribution is 2.19. The Labute approximate surface area is 139 Å². The van der Waals surface area contributed by atoms with Crippen LogP contribution in [0.1, 0.15) is 12.5 Å². The summed E-state index contributed by atoms with van der Waals surface area (Å²) < 4.78 is 12.9. The fourth-order valence-electron chi connectivity index (χ4n) is 1.96. The predicted octanol–water partition coefficient (Wildman–Crippen LogP) is 3.40. The van der Waals surface area contributed by atoms with Crippen LogP contribution in [0.5, 0.6) is 0 Å². The SMILES string of the molecule is CC(=O)N(C)c1ccc(N=C(N)/C=C(\O)c2ccc(F)cc2)cc1. The fourth-order valence-corrected chi connectivity index (χ4v) is 1.96. The van der Waals surface area contributed by atoms with E-state index in [4.69, 9.17) is 5.73 Å². The highest BCUT2D eigenvalue weighted by Gasteiger charge is 2.05. The Hall–Kier alpha value is -3.15. The van der Waals surface area contributed by atoms with Crippen LogP contribution in [0.4, 0.5) is 15.8 Å². The second kappa shape index (κ2) is 7.41. The van der Waals surface area contributed by atoms with Crippen molar-refractivity contribution in [2.24, 2.45) is 10.7 Å². The molecule has 0 aromatic heterocycles. The number of nitrogens with zero attached hydrogens (tertiary/aromatic N) is 2. The van der Waals surface area contributed by atoms with Gasteiger partial charge in [-0.15, -0.1) is 0 Å². The first kappa shape index (κ1) is 17.2. The van der Waals surface area contributed by atoms with Gasteiger partial charge in [0.1, 0.15) is 17.4 Å². The summed E-state index contributed by atoms with van der Waals surface area (Å²) in [6.45, 7) is 1.48. The van der Waals surface area contributed by atoms with Gasteiger partial charge in [-0.3, -0.25) is 4.79 Å². The molecule has 0 aliphatic rings. The van der Waals surface area contributed by atoms with Crippen molar-refractivity contribution >= 4 is 28.9 Å². The Balaban J connectivity index is 2.16. The normalized spacial score (nSPS) is 12.1. The van der Waals surface area contributed by atoms with Crippen molar-refractivity contribution in [3.05, 3.63) is 66.0 Å². The van der Waals surface area contributed by atoms with Crippen molar-refractivity contribution in [3.63, 3.8) is 0 Å². The Morgan fingerprint density at radius 1 is 1.17 bits per heavy atom. The number of hydrogen-bond donors (Lipinski definition) is 2. The Bertz CT molecular complexity index is 781. The van der Waals surface area contributed by atoms with E-state index in [1.54, 1.807) is 31.3 Å². The molecule has 0 aliphatic heterocycles. The first-order chi connectivity index (χ1) is 11.4. The average molecular weight is 327 g/mol. The molecule has 6 heteroatoms. The lowest BCUT2D eigenvalue weighted by Gasteiger charge is -2.14. The van der Waals surface area contributed by atoms with Gasteiger partial charge in [0.15, 0.2) is 0 Å². The highest BCUT2D eigenvalue weighted by molar-refractivity contribution is 5.98. The van der Waals surface area contributed by atoms with Gasteiger partial charge in [-0.2, -0.15) is 0 Å². The molecule has 0 radical (unpaired) electrons. The Kier molecular flexibility index (Phi) is 5.31. The van der Waals surface area contributed by atoms with E-state index in [0.717, 1.165) is 5.69 Å². The molecule has 124 valence electrons. The zero-order chi connectivity index (χ0) is 17.7. The van der Waals surface area contributed by atoms with E-state index in [-0.39, 0.29) is 23.3 Å². The summed E-state index contributed by atoms with van der Waals surface area (Å²) in [6.07, 6.45) is 1.29. The predicted molar refractivity (Wildman–Crippen MR) is 93.8 cm³/mol. The van der Waals surface area contributed by atoms with E-state index in [1.807, 2.05) is 0 Å². The number of aliphatic hydroxyl groups excluding tert-OH is 1. The minimum Gasteiger partial charge on any atom is -0.507 e. The molecule has 0 bridgehead atoms. The number of aliphatic imine (C=N–C) groups is 1. The lowest BCUT2D eigenvalue weighted by Crippen LogP contribution is -2.22. The Morgan fingerprint density at radius 2 is 1.75 bits per heavy atom. The maximum Gasteiger partial charge on any atom is 0.223 e. The molecule has 2 aromatic carbocycles. The van der Waals surface area contributed by atoms with Gasteiger partial charge in [-0.25, -0.2) is 9.38 Å². The van der Waals surface area contributed by atoms with E-state index in [9.17, 15) is 14.3 Å². The quantitative estimate of drug-likeness (QED) is 0.513. The molecule has 0 atom stereocenters. The first-order valence-corrected chi connectivity index (χ1v) is 7.22. The molecule has 2 aromatic rings. The number of nitrogens with two attached hydrogens (primary N) is 1. The van der Waals surface area contributed by atoms with E-state index < -0.39 is 0 Å². The number of carbonyl (C=O) groups is 1. The number of amides is 1. The first-order valence-electron chi connectivity index (χ1n) is 7.22. The summed E-state index contributed by atoms with van der Waals surface area (Å²) in [4.78, 5) is 17.0. The number of benzene rings is 2. The third-order valence-electron chi connectivity index (χ3n) is 3.39. The number of carbonyl (C=O) groups excluding carboxylic acids is 1. The number of halogens is 1. The van der Waals surface area contributed by atoms with Crippen LogP contribution in [0.15, 0.2) is 59.6 Å². The average Bonchev–Trinajstić information content (AvgIpc) is 2.55. The summed E-state index contributed by atoms with van der Waals surface area (Å²) in [6, 6.07) is 12.3. The monoisotopic (exact) mass is 327 g/mol. The molecular formula is C18H18FN3O2. The zero-order valence-corrected chi connectivity index (χ0v) is 13.4. The van der Waals surface area contributed by atoms with Crippen molar-refractivity contribution < 1.29 is 14.3 Å². The Morgan fingerprint density at radius 3 is 2.29 bits per heavy atom. The minimum absolute atomic E-state index is 0.0714. The minimum atomic E-state index is -0.385. The summed E-state index contributed by atoms with van der Waals surface area (Å²) in [5.41, 5.74) is 7.55. The van der Waals surface area contributed by atoms with Crippen molar-refractivity contribution in [2.45, 2.75) is 6.92 Å². The molecule has 2 rings (SSSR count). The van der Waals surface area contributed by atoms with E-state index in [0.29, 0.717) is 11.3 Å². The number of aliphatic hydroxyl groups is 1. The summed E-state index contributed by atoms with van der Waals surface area (Å²) >= 11 is 0. The number of rotatable bonds is 4. The molecule has 0 heterocycles. The zero-order valence-electron chi connectivity index (χ0n) is 13.4. The smallest absolute Gasteiger partial charge is 0.223 e. The largest absolute Gasteiger partial charge is 0.507 e. The van der Waals surface area contributed by atoms with Crippen molar-refractivity contribution in [1.29, 1.82) is 0 Å². The van der Waals surface area contributed by atoms with Gasteiger partial charge in [-0.05, 0) is 48.5 Å². The van der Waals surface area contributed by atoms with Gasteiger partial charge in [0.2, 0.25) is 5.91 Å². The van der Waals surface area contributed by atoms with Crippen LogP contribution in [-0.2, 0) is 4.79 Å². The molecular weight excluding hydrogens is 309 g/mol. The van der Waals surface area contributed by atoms with Crippen LogP contribution in [0.3, 0.4) is 0 Å². The topological polar surface area (TPSA) is 78.9 Å². The van der Waals surface area contributed by atoms with Crippen molar-refractivity contribution in [3.8, 4) is 0 Å². The maximum absolute atomic E-state index is 12.9. The second-order valence-corrected chi connectivity index (χ2v) is 5.17. The molecule has 5 nitrogen and oxygen atoms in total. The van der Waals surface area contributed by atoms with Crippen LogP contribution in [0, 0.1) is 5.82 Å². The van der Waals surface area contributed by atoms with Gasteiger partial charge in [0.05, 0.1) is 5.69 Å². The second-order valence-electron chi connectivity index (χ2n) is 5.17. The lowest BCUT2D eigenvalue weighted by atomic mass is 10.2. The molecule has 24 heavy (non-hydrogen) atoms. The maximum atomic E-state index is 12.9. The van der Waals surface area contributed by atoms with Crippen molar-refractivity contribution in [1.82, 2.24) is 0 Å². The summed E-state index contributed by atoms with van der Waals surface area (Å²) in [5, 5.41) is 9.97. The third-order valence-corrected chi connectivity index (χ3v) is 3.39. The van der Waals surface area contributed by atoms with Gasteiger partial charge in [0.25, 0.3) is 0 Å². The van der Waals surface area contributed by atoms with Crippen LogP contribution in [0.25, 0.3) is 5.76 Å². The van der Waals surface area contributed by atoms with Gasteiger partial charge >= 0.3 is 0 Å². The van der Waals surface area contributed by atoms with Gasteiger partial charge in [0, 0.05) is 31.3 Å². The lowest BCUT2D eigenvalue weighted by molar-refractivity contribution is -0.116. The molecule has 0 aliphatic carbocycles. The molecule has 1 amide bonds. The molecule has 0 fully saturated rings. The van der Waals surface area contributed by atoms with Crippen LogP contribution < -0.4 is 10.6 Å². The summed E-state index contributed by atoms with van der Waals surface area (Å²) in [7, 11) is 1.68. The standard InChI is InChI=1S/C18H18FN3O2/c1-12(23)22(2)16-9-7-15(8-10-16)21-18(20)11-17(24)13-3-5-14(19)6-4-13/h3-11,24H,1-2H3,(H2,20,21)/b17-11-. The van der Waals surface area contributed by atoms with Crippen molar-refractivity contribution in [2.75, 3.05) is 11.9 Å². The third kappa shape index (κ3) is 4.42. The molecule has 0 saturated carbocycles. The molecule has 0 spiro atoms. The fraction of sp³-hybridized carbons (Fsp3) is 0.111. The van der Waals surface area contributed by atoms with Gasteiger partial charge < -0.3 is 15.7 Å². The van der Waals surface area contributed by atoms with E-state index >= 15 is 0 Å². The van der Waals surface area contributed by atoms with E-state index in [2.05, 4.69) is 4.99 Å². The highest BCUT2D eigenvalue weighted by atomic mass is 19.1. The molecule has 0 saturated heterocycles. The molecule has 3 N–H and O–H groups in total. The molecule has 0 unspecified atom stereocenters. The summed E-state index contributed by atoms with van der Waals surface area (Å²) in [5.74, 6) is -0.463. The number of amidine groups is 1. The number of hydrogen-bond acceptors (Lipinski definition) is 3. The van der Waals surface area contributed by atoms with Crippen LogP contribution >= 0.6 is 0 Å². The van der Waals surface area contributed by atoms with E-state index in [1.165, 1.54) is 42.2 Å². The van der Waals surface area contributed by atoms with Gasteiger partial charge in [-0.1, -0.05) is 0 Å². The number of anilines is 1. The van der Waals surface area contributed by atoms with Crippen LogP contribution in [-0.4, -0.2) is 23.9 Å². The van der Waals surface area contributed by atoms with Crippen LogP contribution in [0.2, 0.25) is 0 Å².